The lowest BCUT2D eigenvalue weighted by Crippen LogP contribution is -2.32. The summed E-state index contributed by atoms with van der Waals surface area (Å²) in [4.78, 5) is 11.7. The van der Waals surface area contributed by atoms with Crippen LogP contribution in [0.5, 0.6) is 0 Å². The number of hydrogen-bond acceptors (Lipinski definition) is 3. The van der Waals surface area contributed by atoms with Crippen molar-refractivity contribution in [2.75, 3.05) is 5.73 Å². The normalized spacial score (nSPS) is 11.9. The number of carbonyl (C=O) groups is 1. The molecule has 5 heteroatoms. The van der Waals surface area contributed by atoms with Crippen molar-refractivity contribution in [3.8, 4) is 6.07 Å². The van der Waals surface area contributed by atoms with Crippen molar-refractivity contribution in [3.05, 3.63) is 16.8 Å². The molecular weight excluding hydrogens is 240 g/mol. The van der Waals surface area contributed by atoms with Gasteiger partial charge in [-0.15, -0.1) is 0 Å². The zero-order valence-corrected chi connectivity index (χ0v) is 12.1. The molecule has 1 aromatic heterocycles. The molecule has 0 bridgehead atoms. The van der Waals surface area contributed by atoms with Crippen molar-refractivity contribution in [3.63, 3.8) is 0 Å². The number of nitrogens with two attached hydrogens (primary N) is 1. The van der Waals surface area contributed by atoms with Crippen molar-refractivity contribution < 1.29 is 4.79 Å². The summed E-state index contributed by atoms with van der Waals surface area (Å²) < 4.78 is 1.84. The maximum absolute atomic E-state index is 11.7. The Balaban J connectivity index is 2.74. The van der Waals surface area contributed by atoms with Crippen LogP contribution in [0.25, 0.3) is 0 Å². The summed E-state index contributed by atoms with van der Waals surface area (Å²) in [5.41, 5.74) is 8.29. The second-order valence-electron chi connectivity index (χ2n) is 4.86. The smallest absolute Gasteiger partial charge is 0.221 e. The number of hydrogen-bond donors (Lipinski definition) is 2. The van der Waals surface area contributed by atoms with Crippen LogP contribution in [0.1, 0.15) is 43.5 Å². The van der Waals surface area contributed by atoms with E-state index in [1.54, 1.807) is 0 Å². The number of amides is 1. The molecule has 0 aliphatic carbocycles. The minimum atomic E-state index is 0.0120. The van der Waals surface area contributed by atoms with E-state index in [9.17, 15) is 4.79 Å². The van der Waals surface area contributed by atoms with E-state index in [0.29, 0.717) is 24.3 Å². The first-order valence-electron chi connectivity index (χ1n) is 6.56. The zero-order valence-electron chi connectivity index (χ0n) is 12.1. The van der Waals surface area contributed by atoms with Crippen LogP contribution >= 0.6 is 0 Å². The second-order valence-corrected chi connectivity index (χ2v) is 4.86. The second kappa shape index (κ2) is 6.28. The average Bonchev–Trinajstić information content (AvgIpc) is 2.58. The number of nitrogens with zero attached hydrogens (tertiary/aromatic N) is 2. The molecule has 0 radical (unpaired) electrons. The van der Waals surface area contributed by atoms with Crippen molar-refractivity contribution >= 4 is 11.7 Å². The van der Waals surface area contributed by atoms with Gasteiger partial charge in [-0.05, 0) is 32.8 Å². The number of nitrogen functional groups attached to an aromatic ring is 1. The summed E-state index contributed by atoms with van der Waals surface area (Å²) in [5, 5.41) is 12.0. The van der Waals surface area contributed by atoms with E-state index in [2.05, 4.69) is 11.4 Å². The molecule has 0 fully saturated rings. The van der Waals surface area contributed by atoms with Crippen LogP contribution in [-0.4, -0.2) is 16.5 Å². The van der Waals surface area contributed by atoms with Crippen LogP contribution in [0.2, 0.25) is 0 Å². The average molecular weight is 262 g/mol. The van der Waals surface area contributed by atoms with Gasteiger partial charge in [-0.1, -0.05) is 6.92 Å². The van der Waals surface area contributed by atoms with Crippen LogP contribution in [0.4, 0.5) is 5.82 Å². The lowest BCUT2D eigenvalue weighted by atomic mass is 10.2. The monoisotopic (exact) mass is 262 g/mol. The molecule has 0 saturated heterocycles. The van der Waals surface area contributed by atoms with Gasteiger partial charge in [0.1, 0.15) is 11.9 Å². The Morgan fingerprint density at radius 2 is 2.16 bits per heavy atom. The van der Waals surface area contributed by atoms with Crippen LogP contribution in [0.3, 0.4) is 0 Å². The number of nitriles is 1. The SMILES string of the molecule is CCC(C)NC(=O)CCn1c(C)c(C)c(C#N)c1N. The van der Waals surface area contributed by atoms with Gasteiger partial charge in [-0.25, -0.2) is 0 Å². The minimum absolute atomic E-state index is 0.0120. The molecule has 3 N–H and O–H groups in total. The van der Waals surface area contributed by atoms with Gasteiger partial charge in [0.05, 0.1) is 5.56 Å². The number of aromatic nitrogens is 1. The molecule has 1 rings (SSSR count). The Morgan fingerprint density at radius 1 is 1.53 bits per heavy atom. The van der Waals surface area contributed by atoms with Gasteiger partial charge in [-0.3, -0.25) is 4.79 Å². The number of anilines is 1. The summed E-state index contributed by atoms with van der Waals surface area (Å²) in [7, 11) is 0. The largest absolute Gasteiger partial charge is 0.384 e. The molecule has 1 amide bonds. The van der Waals surface area contributed by atoms with Crippen molar-refractivity contribution in [2.24, 2.45) is 0 Å². The van der Waals surface area contributed by atoms with Gasteiger partial charge in [0, 0.05) is 24.7 Å². The van der Waals surface area contributed by atoms with E-state index in [0.717, 1.165) is 17.7 Å². The summed E-state index contributed by atoms with van der Waals surface area (Å²) in [5.74, 6) is 0.465. The zero-order chi connectivity index (χ0) is 14.6. The molecule has 5 nitrogen and oxygen atoms in total. The maximum Gasteiger partial charge on any atom is 0.221 e. The van der Waals surface area contributed by atoms with Crippen molar-refractivity contribution in [2.45, 2.75) is 53.1 Å². The highest BCUT2D eigenvalue weighted by Crippen LogP contribution is 2.23. The molecule has 1 aromatic rings. The topological polar surface area (TPSA) is 83.8 Å². The third-order valence-electron chi connectivity index (χ3n) is 3.56. The number of rotatable bonds is 5. The standard InChI is InChI=1S/C14H22N4O/c1-5-9(2)17-13(19)6-7-18-11(4)10(3)12(8-15)14(18)16/h9H,5-7,16H2,1-4H3,(H,17,19). The van der Waals surface area contributed by atoms with Gasteiger partial charge in [0.15, 0.2) is 0 Å². The summed E-state index contributed by atoms with van der Waals surface area (Å²) >= 11 is 0. The van der Waals surface area contributed by atoms with Gasteiger partial charge in [-0.2, -0.15) is 5.26 Å². The number of nitrogens with one attached hydrogen (secondary N) is 1. The van der Waals surface area contributed by atoms with E-state index >= 15 is 0 Å². The lowest BCUT2D eigenvalue weighted by molar-refractivity contribution is -0.121. The molecule has 19 heavy (non-hydrogen) atoms. The predicted octanol–water partition coefficient (Wildman–Crippen LogP) is 1.86. The van der Waals surface area contributed by atoms with E-state index in [1.165, 1.54) is 0 Å². The Labute approximate surface area is 114 Å². The summed E-state index contributed by atoms with van der Waals surface area (Å²) in [6.07, 6.45) is 1.28. The molecule has 1 atom stereocenters. The van der Waals surface area contributed by atoms with Crippen LogP contribution in [0.15, 0.2) is 0 Å². The molecule has 0 aromatic carbocycles. The molecule has 0 saturated carbocycles. The lowest BCUT2D eigenvalue weighted by Gasteiger charge is -2.13. The van der Waals surface area contributed by atoms with E-state index in [-0.39, 0.29) is 11.9 Å². The Hall–Kier alpha value is -1.96. The number of carbonyl (C=O) groups excluding carboxylic acids is 1. The Bertz CT molecular complexity index is 510. The third-order valence-corrected chi connectivity index (χ3v) is 3.56. The summed E-state index contributed by atoms with van der Waals surface area (Å²) in [6, 6.07) is 2.29. The molecule has 0 aliphatic rings. The van der Waals surface area contributed by atoms with Crippen LogP contribution in [-0.2, 0) is 11.3 Å². The molecule has 0 aliphatic heterocycles. The first-order chi connectivity index (χ1) is 8.92. The van der Waals surface area contributed by atoms with Gasteiger partial charge in [0.2, 0.25) is 5.91 Å². The van der Waals surface area contributed by atoms with Crippen LogP contribution < -0.4 is 11.1 Å². The quantitative estimate of drug-likeness (QED) is 0.849. The fourth-order valence-electron chi connectivity index (χ4n) is 1.98. The maximum atomic E-state index is 11.7. The van der Waals surface area contributed by atoms with E-state index in [4.69, 9.17) is 11.0 Å². The Morgan fingerprint density at radius 3 is 2.63 bits per heavy atom. The molecule has 1 unspecified atom stereocenters. The van der Waals surface area contributed by atoms with E-state index in [1.807, 2.05) is 32.3 Å². The fourth-order valence-corrected chi connectivity index (χ4v) is 1.98. The van der Waals surface area contributed by atoms with Crippen LogP contribution in [0, 0.1) is 25.2 Å². The third kappa shape index (κ3) is 3.28. The van der Waals surface area contributed by atoms with Crippen molar-refractivity contribution in [1.29, 1.82) is 5.26 Å². The van der Waals surface area contributed by atoms with Gasteiger partial charge < -0.3 is 15.6 Å². The fraction of sp³-hybridized carbons (Fsp3) is 0.571. The highest BCUT2D eigenvalue weighted by atomic mass is 16.1. The predicted molar refractivity (Wildman–Crippen MR) is 75.5 cm³/mol. The van der Waals surface area contributed by atoms with E-state index < -0.39 is 0 Å². The molecule has 1 heterocycles. The van der Waals surface area contributed by atoms with Crippen molar-refractivity contribution in [1.82, 2.24) is 9.88 Å². The molecule has 0 spiro atoms. The highest BCUT2D eigenvalue weighted by Gasteiger charge is 2.15. The summed E-state index contributed by atoms with van der Waals surface area (Å²) in [6.45, 7) is 8.30. The minimum Gasteiger partial charge on any atom is -0.384 e. The molecular formula is C14H22N4O. The van der Waals surface area contributed by atoms with Gasteiger partial charge >= 0.3 is 0 Å². The van der Waals surface area contributed by atoms with Gasteiger partial charge in [0.25, 0.3) is 0 Å². The Kier molecular flexibility index (Phi) is 4.99. The first-order valence-corrected chi connectivity index (χ1v) is 6.56. The molecule has 104 valence electrons. The first kappa shape index (κ1) is 15.1. The highest BCUT2D eigenvalue weighted by molar-refractivity contribution is 5.76.